The predicted octanol–water partition coefficient (Wildman–Crippen LogP) is 3.62. The van der Waals surface area contributed by atoms with Crippen molar-refractivity contribution in [1.29, 1.82) is 0 Å². The maximum Gasteiger partial charge on any atom is 0.287 e. The summed E-state index contributed by atoms with van der Waals surface area (Å²) in [6, 6.07) is 16.1. The van der Waals surface area contributed by atoms with Crippen LogP contribution in [-0.2, 0) is 4.79 Å². The molecule has 0 aliphatic heterocycles. The number of anilines is 1. The number of thioether (sulfide) groups is 1. The van der Waals surface area contributed by atoms with E-state index in [1.54, 1.807) is 42.6 Å². The second kappa shape index (κ2) is 8.00. The molecule has 3 rings (SSSR count). The van der Waals surface area contributed by atoms with Crippen LogP contribution in [0.25, 0.3) is 5.69 Å². The monoisotopic (exact) mass is 371 g/mol. The van der Waals surface area contributed by atoms with E-state index in [0.29, 0.717) is 16.4 Å². The van der Waals surface area contributed by atoms with Crippen molar-refractivity contribution in [2.75, 3.05) is 11.1 Å². The van der Waals surface area contributed by atoms with Gasteiger partial charge < -0.3 is 5.32 Å². The number of hydrogen-bond donors (Lipinski definition) is 1. The van der Waals surface area contributed by atoms with Crippen LogP contribution in [0.4, 0.5) is 5.69 Å². The molecule has 0 saturated carbocycles. The number of rotatable bonds is 5. The molecule has 0 aliphatic rings. The third kappa shape index (κ3) is 4.49. The van der Waals surface area contributed by atoms with Crippen LogP contribution in [0, 0.1) is 0 Å². The second-order valence-electron chi connectivity index (χ2n) is 5.09. The molecule has 126 valence electrons. The molecule has 0 spiro atoms. The van der Waals surface area contributed by atoms with E-state index in [0.717, 1.165) is 11.8 Å². The fourth-order valence-corrected chi connectivity index (χ4v) is 3.06. The number of carbonyl (C=O) groups excluding carboxylic acids is 1. The zero-order valence-corrected chi connectivity index (χ0v) is 14.6. The molecule has 0 atom stereocenters. The molecule has 0 aliphatic carbocycles. The lowest BCUT2D eigenvalue weighted by Gasteiger charge is -2.08. The van der Waals surface area contributed by atoms with Gasteiger partial charge >= 0.3 is 0 Å². The van der Waals surface area contributed by atoms with E-state index in [9.17, 15) is 9.59 Å². The number of benzene rings is 2. The van der Waals surface area contributed by atoms with Crippen molar-refractivity contribution in [3.8, 4) is 5.69 Å². The maximum absolute atomic E-state index is 12.6. The van der Waals surface area contributed by atoms with Crippen LogP contribution in [0.15, 0.2) is 76.8 Å². The van der Waals surface area contributed by atoms with Crippen molar-refractivity contribution in [3.05, 3.63) is 82.4 Å². The summed E-state index contributed by atoms with van der Waals surface area (Å²) in [4.78, 5) is 28.6. The maximum atomic E-state index is 12.6. The normalized spacial score (nSPS) is 10.4. The molecule has 2 aromatic carbocycles. The van der Waals surface area contributed by atoms with Gasteiger partial charge in [0.2, 0.25) is 5.91 Å². The van der Waals surface area contributed by atoms with E-state index in [1.807, 2.05) is 18.2 Å². The summed E-state index contributed by atoms with van der Waals surface area (Å²) in [5.41, 5.74) is 1.07. The summed E-state index contributed by atoms with van der Waals surface area (Å²) in [7, 11) is 0. The molecule has 0 radical (unpaired) electrons. The largest absolute Gasteiger partial charge is 0.325 e. The first kappa shape index (κ1) is 17.3. The third-order valence-corrected chi connectivity index (χ3v) is 4.49. The second-order valence-corrected chi connectivity index (χ2v) is 6.49. The number of aromatic nitrogens is 2. The fraction of sp³-hybridized carbons (Fsp3) is 0.0556. The lowest BCUT2D eigenvalue weighted by Crippen LogP contribution is -2.22. The molecule has 0 saturated heterocycles. The summed E-state index contributed by atoms with van der Waals surface area (Å²) in [5, 5.41) is 3.57. The van der Waals surface area contributed by atoms with Crippen molar-refractivity contribution in [2.24, 2.45) is 0 Å². The molecule has 1 aromatic heterocycles. The molecular weight excluding hydrogens is 358 g/mol. The van der Waals surface area contributed by atoms with Gasteiger partial charge in [-0.25, -0.2) is 4.98 Å². The fourth-order valence-electron chi connectivity index (χ4n) is 2.17. The molecule has 1 heterocycles. The Kier molecular flexibility index (Phi) is 5.53. The number of nitrogens with one attached hydrogen (secondary N) is 1. The van der Waals surface area contributed by atoms with Gasteiger partial charge in [0.05, 0.1) is 11.4 Å². The van der Waals surface area contributed by atoms with Crippen molar-refractivity contribution in [2.45, 2.75) is 5.03 Å². The Morgan fingerprint density at radius 2 is 1.96 bits per heavy atom. The minimum Gasteiger partial charge on any atom is -0.325 e. The van der Waals surface area contributed by atoms with Crippen LogP contribution in [0.1, 0.15) is 0 Å². The Morgan fingerprint density at radius 1 is 1.16 bits per heavy atom. The van der Waals surface area contributed by atoms with Crippen molar-refractivity contribution < 1.29 is 4.79 Å². The highest BCUT2D eigenvalue weighted by molar-refractivity contribution is 7.99. The summed E-state index contributed by atoms with van der Waals surface area (Å²) in [6.45, 7) is 0. The molecule has 0 fully saturated rings. The summed E-state index contributed by atoms with van der Waals surface area (Å²) in [6.07, 6.45) is 3.10. The molecule has 0 bridgehead atoms. The summed E-state index contributed by atoms with van der Waals surface area (Å²) < 4.78 is 1.45. The van der Waals surface area contributed by atoms with Crippen LogP contribution in [-0.4, -0.2) is 21.2 Å². The zero-order chi connectivity index (χ0) is 17.6. The van der Waals surface area contributed by atoms with Gasteiger partial charge in [-0.3, -0.25) is 14.2 Å². The number of amides is 1. The van der Waals surface area contributed by atoms with E-state index < -0.39 is 0 Å². The van der Waals surface area contributed by atoms with E-state index >= 15 is 0 Å². The molecule has 1 N–H and O–H groups in total. The Labute approximate surface area is 153 Å². The number of para-hydroxylation sites is 1. The van der Waals surface area contributed by atoms with Crippen molar-refractivity contribution >= 4 is 35.0 Å². The zero-order valence-electron chi connectivity index (χ0n) is 13.1. The van der Waals surface area contributed by atoms with Crippen LogP contribution in [0.3, 0.4) is 0 Å². The Balaban J connectivity index is 1.72. The number of carbonyl (C=O) groups is 1. The van der Waals surface area contributed by atoms with E-state index in [4.69, 9.17) is 11.6 Å². The van der Waals surface area contributed by atoms with E-state index in [-0.39, 0.29) is 22.2 Å². The quantitative estimate of drug-likeness (QED) is 0.696. The lowest BCUT2D eigenvalue weighted by molar-refractivity contribution is -0.113. The highest BCUT2D eigenvalue weighted by atomic mass is 35.5. The van der Waals surface area contributed by atoms with E-state index in [1.165, 1.54) is 10.8 Å². The Bertz CT molecular complexity index is 944. The minimum atomic E-state index is -0.290. The minimum absolute atomic E-state index is 0.0939. The highest BCUT2D eigenvalue weighted by Crippen LogP contribution is 2.16. The van der Waals surface area contributed by atoms with E-state index in [2.05, 4.69) is 10.3 Å². The molecule has 0 unspecified atom stereocenters. The van der Waals surface area contributed by atoms with Crippen molar-refractivity contribution in [3.63, 3.8) is 0 Å². The van der Waals surface area contributed by atoms with Crippen molar-refractivity contribution in [1.82, 2.24) is 9.55 Å². The average molecular weight is 372 g/mol. The number of hydrogen-bond acceptors (Lipinski definition) is 4. The molecule has 5 nitrogen and oxygen atoms in total. The van der Waals surface area contributed by atoms with Crippen LogP contribution < -0.4 is 10.9 Å². The molecule has 25 heavy (non-hydrogen) atoms. The van der Waals surface area contributed by atoms with Gasteiger partial charge in [-0.2, -0.15) is 0 Å². The van der Waals surface area contributed by atoms with Crippen LogP contribution in [0.5, 0.6) is 0 Å². The van der Waals surface area contributed by atoms with Gasteiger partial charge in [0.25, 0.3) is 5.56 Å². The van der Waals surface area contributed by atoms with Gasteiger partial charge in [0, 0.05) is 23.1 Å². The van der Waals surface area contributed by atoms with Crippen LogP contribution >= 0.6 is 23.4 Å². The topological polar surface area (TPSA) is 64.0 Å². The van der Waals surface area contributed by atoms with Gasteiger partial charge in [0.1, 0.15) is 0 Å². The number of nitrogens with zero attached hydrogens (tertiary/aromatic N) is 2. The Morgan fingerprint density at radius 3 is 2.72 bits per heavy atom. The average Bonchev–Trinajstić information content (AvgIpc) is 2.62. The molecular formula is C18H14ClN3O2S. The van der Waals surface area contributed by atoms with Gasteiger partial charge in [-0.05, 0) is 30.3 Å². The van der Waals surface area contributed by atoms with Gasteiger partial charge in [0.15, 0.2) is 5.03 Å². The lowest BCUT2D eigenvalue weighted by atomic mass is 10.3. The Hall–Kier alpha value is -2.57. The predicted molar refractivity (Wildman–Crippen MR) is 101 cm³/mol. The first-order chi connectivity index (χ1) is 12.1. The molecule has 3 aromatic rings. The first-order valence-corrected chi connectivity index (χ1v) is 8.81. The van der Waals surface area contributed by atoms with Crippen LogP contribution in [0.2, 0.25) is 5.02 Å². The van der Waals surface area contributed by atoms with Gasteiger partial charge in [-0.15, -0.1) is 0 Å². The smallest absolute Gasteiger partial charge is 0.287 e. The highest BCUT2D eigenvalue weighted by Gasteiger charge is 2.10. The molecule has 7 heteroatoms. The summed E-state index contributed by atoms with van der Waals surface area (Å²) in [5.74, 6) is -0.105. The molecule has 1 amide bonds. The standard InChI is InChI=1S/C18H14ClN3O2S/c19-13-5-4-8-15(11-13)22-10-9-20-17(18(22)24)25-12-16(23)21-14-6-2-1-3-7-14/h1-11H,12H2,(H,21,23). The SMILES string of the molecule is O=C(CSc1nccn(-c2cccc(Cl)c2)c1=O)Nc1ccccc1. The number of halogens is 1. The summed E-state index contributed by atoms with van der Waals surface area (Å²) >= 11 is 7.08. The van der Waals surface area contributed by atoms with Gasteiger partial charge in [-0.1, -0.05) is 47.6 Å². The first-order valence-electron chi connectivity index (χ1n) is 7.45. The third-order valence-electron chi connectivity index (χ3n) is 3.29.